The Morgan fingerprint density at radius 1 is 1.14 bits per heavy atom. The fraction of sp³-hybridized carbons (Fsp3) is 0.273. The van der Waals surface area contributed by atoms with Crippen molar-refractivity contribution in [2.75, 3.05) is 6.54 Å². The number of hydrogen-bond acceptors (Lipinski definition) is 2. The van der Waals surface area contributed by atoms with Crippen molar-refractivity contribution in [3.63, 3.8) is 0 Å². The Kier molecular flexibility index (Phi) is 5.10. The number of benzene rings is 1. The molecule has 28 heavy (non-hydrogen) atoms. The van der Waals surface area contributed by atoms with E-state index in [0.717, 1.165) is 17.3 Å². The smallest absolute Gasteiger partial charge is 0.275 e. The largest absolute Gasteiger partial charge is 0.356 e. The first-order chi connectivity index (χ1) is 13.6. The summed E-state index contributed by atoms with van der Waals surface area (Å²) in [5.74, 6) is -0.122. The first-order valence-electron chi connectivity index (χ1n) is 9.50. The van der Waals surface area contributed by atoms with Crippen molar-refractivity contribution in [2.24, 2.45) is 0 Å². The van der Waals surface area contributed by atoms with Gasteiger partial charge in [0.25, 0.3) is 5.56 Å². The van der Waals surface area contributed by atoms with Crippen LogP contribution in [0.25, 0.3) is 17.7 Å². The van der Waals surface area contributed by atoms with Crippen molar-refractivity contribution in [3.05, 3.63) is 75.3 Å². The van der Waals surface area contributed by atoms with Gasteiger partial charge in [-0.15, -0.1) is 0 Å². The number of carbonyl (C=O) groups excluding carboxylic acids is 1. The molecule has 1 amide bonds. The van der Waals surface area contributed by atoms with Crippen molar-refractivity contribution in [1.29, 1.82) is 0 Å². The van der Waals surface area contributed by atoms with Crippen LogP contribution < -0.4 is 21.6 Å². The molecule has 1 unspecified atom stereocenters. The molecule has 6 heteroatoms. The van der Waals surface area contributed by atoms with Gasteiger partial charge in [0.15, 0.2) is 0 Å². The highest BCUT2D eigenvalue weighted by molar-refractivity contribution is 5.75. The SMILES string of the molecule is O=C(CCn1c2c(n3cccc3c1=O)=CCC(F)C=2)NCCc1ccccc1. The quantitative estimate of drug-likeness (QED) is 0.699. The second-order valence-corrected chi connectivity index (χ2v) is 6.95. The number of carbonyl (C=O) groups is 1. The number of alkyl halides is 1. The Balaban J connectivity index is 1.50. The highest BCUT2D eigenvalue weighted by Gasteiger charge is 2.14. The van der Waals surface area contributed by atoms with Gasteiger partial charge in [0, 0.05) is 32.1 Å². The Morgan fingerprint density at radius 2 is 1.96 bits per heavy atom. The lowest BCUT2D eigenvalue weighted by Crippen LogP contribution is -2.49. The summed E-state index contributed by atoms with van der Waals surface area (Å²) in [5.41, 5.74) is 1.48. The molecule has 0 fully saturated rings. The maximum absolute atomic E-state index is 13.9. The van der Waals surface area contributed by atoms with Crippen molar-refractivity contribution >= 4 is 23.6 Å². The molecule has 0 spiro atoms. The Morgan fingerprint density at radius 3 is 2.79 bits per heavy atom. The molecule has 2 aromatic heterocycles. The van der Waals surface area contributed by atoms with E-state index in [1.165, 1.54) is 10.6 Å². The fourth-order valence-electron chi connectivity index (χ4n) is 3.63. The van der Waals surface area contributed by atoms with Crippen LogP contribution in [0.1, 0.15) is 18.4 Å². The van der Waals surface area contributed by atoms with E-state index < -0.39 is 6.17 Å². The molecule has 1 atom stereocenters. The lowest BCUT2D eigenvalue weighted by Gasteiger charge is -2.14. The second kappa shape index (κ2) is 7.84. The number of nitrogens with one attached hydrogen (secondary N) is 1. The van der Waals surface area contributed by atoms with Gasteiger partial charge in [-0.1, -0.05) is 36.4 Å². The third kappa shape index (κ3) is 3.63. The normalized spacial score (nSPS) is 15.5. The van der Waals surface area contributed by atoms with Crippen molar-refractivity contribution in [3.8, 4) is 0 Å². The van der Waals surface area contributed by atoms with E-state index in [4.69, 9.17) is 0 Å². The number of amides is 1. The average Bonchev–Trinajstić information content (AvgIpc) is 3.19. The van der Waals surface area contributed by atoms with E-state index in [1.54, 1.807) is 22.7 Å². The zero-order chi connectivity index (χ0) is 19.5. The monoisotopic (exact) mass is 379 g/mol. The predicted octanol–water partition coefficient (Wildman–Crippen LogP) is 1.15. The van der Waals surface area contributed by atoms with Gasteiger partial charge in [0.2, 0.25) is 5.91 Å². The molecule has 2 heterocycles. The lowest BCUT2D eigenvalue weighted by molar-refractivity contribution is -0.121. The van der Waals surface area contributed by atoms with Crippen LogP contribution in [-0.2, 0) is 17.8 Å². The molecule has 5 nitrogen and oxygen atoms in total. The van der Waals surface area contributed by atoms with Gasteiger partial charge in [-0.2, -0.15) is 0 Å². The van der Waals surface area contributed by atoms with Crippen molar-refractivity contribution in [1.82, 2.24) is 14.3 Å². The first-order valence-corrected chi connectivity index (χ1v) is 9.50. The van der Waals surface area contributed by atoms with Crippen LogP contribution in [0.3, 0.4) is 0 Å². The van der Waals surface area contributed by atoms with Crippen LogP contribution in [0.5, 0.6) is 0 Å². The van der Waals surface area contributed by atoms with Gasteiger partial charge in [0.1, 0.15) is 11.7 Å². The van der Waals surface area contributed by atoms with Gasteiger partial charge in [-0.25, -0.2) is 4.39 Å². The standard InChI is InChI=1S/C22H22FN3O2/c23-17-8-9-18-20(15-17)26(22(28)19-7-4-13-25(18)19)14-11-21(27)24-12-10-16-5-2-1-3-6-16/h1-7,9,13,15,17H,8,10-12,14H2,(H,24,27). The molecule has 4 rings (SSSR count). The third-order valence-electron chi connectivity index (χ3n) is 5.04. The Hall–Kier alpha value is -3.15. The van der Waals surface area contributed by atoms with E-state index in [-0.39, 0.29) is 24.4 Å². The maximum atomic E-state index is 13.9. The molecule has 144 valence electrons. The summed E-state index contributed by atoms with van der Waals surface area (Å²) in [6, 6.07) is 13.5. The van der Waals surface area contributed by atoms with Crippen LogP contribution in [0.15, 0.2) is 53.5 Å². The minimum absolute atomic E-state index is 0.122. The Bertz CT molecular complexity index is 1180. The third-order valence-corrected chi connectivity index (χ3v) is 5.04. The molecule has 0 radical (unpaired) electrons. The van der Waals surface area contributed by atoms with Crippen LogP contribution in [0, 0.1) is 0 Å². The van der Waals surface area contributed by atoms with Crippen molar-refractivity contribution < 1.29 is 9.18 Å². The van der Waals surface area contributed by atoms with Crippen LogP contribution in [-0.4, -0.2) is 27.6 Å². The highest BCUT2D eigenvalue weighted by atomic mass is 19.1. The number of nitrogens with zero attached hydrogens (tertiary/aromatic N) is 2. The summed E-state index contributed by atoms with van der Waals surface area (Å²) in [6.45, 7) is 0.761. The first kappa shape index (κ1) is 18.2. The fourth-order valence-corrected chi connectivity index (χ4v) is 3.63. The van der Waals surface area contributed by atoms with E-state index in [1.807, 2.05) is 36.4 Å². The molecule has 1 aliphatic carbocycles. The summed E-state index contributed by atoms with van der Waals surface area (Å²) in [7, 11) is 0. The maximum Gasteiger partial charge on any atom is 0.275 e. The highest BCUT2D eigenvalue weighted by Crippen LogP contribution is 2.04. The van der Waals surface area contributed by atoms with E-state index in [2.05, 4.69) is 5.32 Å². The van der Waals surface area contributed by atoms with Gasteiger partial charge < -0.3 is 14.3 Å². The molecule has 0 saturated heterocycles. The Labute approximate surface area is 161 Å². The number of hydrogen-bond donors (Lipinski definition) is 1. The van der Waals surface area contributed by atoms with Gasteiger partial charge in [0.05, 0.1) is 10.7 Å². The summed E-state index contributed by atoms with van der Waals surface area (Å²) >= 11 is 0. The molecule has 0 saturated carbocycles. The molecule has 1 aliphatic rings. The zero-order valence-corrected chi connectivity index (χ0v) is 15.5. The summed E-state index contributed by atoms with van der Waals surface area (Å²) in [6.07, 6.45) is 5.18. The van der Waals surface area contributed by atoms with E-state index in [0.29, 0.717) is 23.8 Å². The second-order valence-electron chi connectivity index (χ2n) is 6.95. The molecule has 1 aromatic carbocycles. The minimum Gasteiger partial charge on any atom is -0.356 e. The van der Waals surface area contributed by atoms with Gasteiger partial charge in [-0.3, -0.25) is 9.59 Å². The van der Waals surface area contributed by atoms with Gasteiger partial charge in [-0.05, 0) is 30.2 Å². The van der Waals surface area contributed by atoms with Crippen LogP contribution >= 0.6 is 0 Å². The van der Waals surface area contributed by atoms with Crippen LogP contribution in [0.2, 0.25) is 0 Å². The topological polar surface area (TPSA) is 55.5 Å². The van der Waals surface area contributed by atoms with E-state index >= 15 is 0 Å². The number of rotatable bonds is 6. The zero-order valence-electron chi connectivity index (χ0n) is 15.5. The molecular weight excluding hydrogens is 357 g/mol. The molecule has 0 bridgehead atoms. The number of fused-ring (bicyclic) bond motifs is 3. The molecule has 0 aliphatic heterocycles. The van der Waals surface area contributed by atoms with E-state index in [9.17, 15) is 14.0 Å². The average molecular weight is 379 g/mol. The minimum atomic E-state index is -1.12. The molecular formula is C22H22FN3O2. The van der Waals surface area contributed by atoms with Crippen LogP contribution in [0.4, 0.5) is 4.39 Å². The summed E-state index contributed by atoms with van der Waals surface area (Å²) < 4.78 is 17.2. The predicted molar refractivity (Wildman–Crippen MR) is 107 cm³/mol. The van der Waals surface area contributed by atoms with Gasteiger partial charge >= 0.3 is 0 Å². The molecule has 1 N–H and O–H groups in total. The summed E-state index contributed by atoms with van der Waals surface area (Å²) in [5, 5.41) is 4.24. The number of aromatic nitrogens is 2. The number of halogens is 1. The summed E-state index contributed by atoms with van der Waals surface area (Å²) in [4.78, 5) is 25.1. The molecule has 3 aromatic rings. The van der Waals surface area contributed by atoms with Crippen molar-refractivity contribution in [2.45, 2.75) is 32.0 Å². The lowest BCUT2D eigenvalue weighted by atomic mass is 10.1.